The highest BCUT2D eigenvalue weighted by Crippen LogP contribution is 2.48. The lowest BCUT2D eigenvalue weighted by molar-refractivity contribution is -0.123. The van der Waals surface area contributed by atoms with Crippen molar-refractivity contribution in [3.63, 3.8) is 0 Å². The number of benzene rings is 2. The fourth-order valence-corrected chi connectivity index (χ4v) is 7.81. The van der Waals surface area contributed by atoms with E-state index in [0.717, 1.165) is 53.8 Å². The Bertz CT molecular complexity index is 1920. The van der Waals surface area contributed by atoms with Gasteiger partial charge >= 0.3 is 0 Å². The molecule has 0 atom stereocenters. The summed E-state index contributed by atoms with van der Waals surface area (Å²) in [6.45, 7) is 10.3. The maximum Gasteiger partial charge on any atom is 0.252 e. The van der Waals surface area contributed by atoms with Gasteiger partial charge in [0, 0.05) is 40.6 Å². The molecule has 1 aliphatic carbocycles. The van der Waals surface area contributed by atoms with Gasteiger partial charge in [-0.3, -0.25) is 9.59 Å². The van der Waals surface area contributed by atoms with Crippen molar-refractivity contribution in [3.05, 3.63) is 65.5 Å². The number of piperidine rings is 1. The van der Waals surface area contributed by atoms with Gasteiger partial charge in [0.15, 0.2) is 5.82 Å². The van der Waals surface area contributed by atoms with Crippen LogP contribution >= 0.6 is 0 Å². The number of pyridine rings is 1. The minimum Gasteiger partial charge on any atom is -0.344 e. The van der Waals surface area contributed by atoms with Crippen LogP contribution in [-0.2, 0) is 10.2 Å². The van der Waals surface area contributed by atoms with Crippen LogP contribution in [0, 0.1) is 6.92 Å². The average molecular weight is 684 g/mol. The number of nitrogens with one attached hydrogen (secondary N) is 2. The molecule has 2 amide bonds. The maximum atomic E-state index is 13.9. The second-order valence-corrected chi connectivity index (χ2v) is 15.0. The summed E-state index contributed by atoms with van der Waals surface area (Å²) in [5, 5.41) is 5.86. The Morgan fingerprint density at radius 2 is 1.74 bits per heavy atom. The number of aromatic nitrogens is 3. The number of anilines is 3. The topological polar surface area (TPSA) is 95.4 Å². The van der Waals surface area contributed by atoms with Crippen LogP contribution in [0.25, 0.3) is 22.3 Å². The second-order valence-electron chi connectivity index (χ2n) is 15.0. The molecule has 2 aromatic heterocycles. The molecule has 0 spiro atoms. The molecule has 0 unspecified atom stereocenters. The molecule has 7 rings (SSSR count). The summed E-state index contributed by atoms with van der Waals surface area (Å²) in [4.78, 5) is 41.5. The number of hydrogen-bond donors (Lipinski definition) is 2. The van der Waals surface area contributed by atoms with Gasteiger partial charge in [0.1, 0.15) is 18.9 Å². The lowest BCUT2D eigenvalue weighted by Gasteiger charge is -2.48. The Labute approximate surface area is 292 Å². The number of hydrogen-bond acceptors (Lipinski definition) is 6. The molecule has 0 bridgehead atoms. The summed E-state index contributed by atoms with van der Waals surface area (Å²) in [5.74, 6) is 0.164. The molecule has 2 aromatic carbocycles. The molecule has 3 aliphatic rings. The van der Waals surface area contributed by atoms with E-state index in [1.807, 2.05) is 36.6 Å². The number of carbonyl (C=O) groups is 2. The summed E-state index contributed by atoms with van der Waals surface area (Å²) in [6, 6.07) is 13.1. The van der Waals surface area contributed by atoms with Crippen molar-refractivity contribution in [2.24, 2.45) is 0 Å². The van der Waals surface area contributed by atoms with Gasteiger partial charge < -0.3 is 25.0 Å². The van der Waals surface area contributed by atoms with Crippen LogP contribution in [0.1, 0.15) is 87.3 Å². The van der Waals surface area contributed by atoms with Gasteiger partial charge in [-0.1, -0.05) is 24.6 Å². The molecule has 2 aliphatic heterocycles. The van der Waals surface area contributed by atoms with E-state index in [0.29, 0.717) is 34.4 Å². The van der Waals surface area contributed by atoms with Gasteiger partial charge in [-0.15, -0.1) is 0 Å². The van der Waals surface area contributed by atoms with Crippen molar-refractivity contribution in [3.8, 4) is 11.3 Å². The van der Waals surface area contributed by atoms with Crippen LogP contribution in [0.2, 0.25) is 0 Å². The molecule has 9 nitrogen and oxygen atoms in total. The Morgan fingerprint density at radius 3 is 2.44 bits per heavy atom. The van der Waals surface area contributed by atoms with E-state index in [2.05, 4.69) is 46.4 Å². The van der Waals surface area contributed by atoms with Crippen molar-refractivity contribution < 1.29 is 18.4 Å². The molecule has 2 fully saturated rings. The van der Waals surface area contributed by atoms with Gasteiger partial charge in [0.25, 0.3) is 5.91 Å². The smallest absolute Gasteiger partial charge is 0.252 e. The molecular formula is C39H47F2N7O2. The van der Waals surface area contributed by atoms with Crippen LogP contribution in [-0.4, -0.2) is 75.8 Å². The number of nitrogens with zero attached hydrogens (tertiary/aromatic N) is 5. The van der Waals surface area contributed by atoms with E-state index >= 15 is 0 Å². The third kappa shape index (κ3) is 6.03. The van der Waals surface area contributed by atoms with Gasteiger partial charge in [-0.2, -0.15) is 0 Å². The highest BCUT2D eigenvalue weighted by Gasteiger charge is 2.50. The number of aryl methyl sites for hydroxylation is 1. The van der Waals surface area contributed by atoms with Gasteiger partial charge in [-0.25, -0.2) is 18.7 Å². The quantitative estimate of drug-likeness (QED) is 0.181. The monoisotopic (exact) mass is 683 g/mol. The van der Waals surface area contributed by atoms with E-state index in [1.54, 1.807) is 25.4 Å². The van der Waals surface area contributed by atoms with Crippen LogP contribution in [0.5, 0.6) is 0 Å². The van der Waals surface area contributed by atoms with Crippen molar-refractivity contribution in [2.75, 3.05) is 36.7 Å². The van der Waals surface area contributed by atoms with Crippen molar-refractivity contribution >= 4 is 40.0 Å². The molecule has 264 valence electrons. The Kier molecular flexibility index (Phi) is 9.13. The van der Waals surface area contributed by atoms with Crippen molar-refractivity contribution in [1.82, 2.24) is 24.8 Å². The molecule has 1 saturated carbocycles. The zero-order chi connectivity index (χ0) is 35.3. The van der Waals surface area contributed by atoms with Gasteiger partial charge in [0.2, 0.25) is 5.91 Å². The number of imidazole rings is 1. The second kappa shape index (κ2) is 13.4. The fraction of sp³-hybridized carbons (Fsp3) is 0.487. The Hall–Kier alpha value is -4.38. The Morgan fingerprint density at radius 1 is 1.00 bits per heavy atom. The van der Waals surface area contributed by atoms with E-state index in [-0.39, 0.29) is 18.0 Å². The summed E-state index contributed by atoms with van der Waals surface area (Å²) in [5.41, 5.74) is 6.10. The zero-order valence-electron chi connectivity index (χ0n) is 29.6. The van der Waals surface area contributed by atoms with E-state index in [1.165, 1.54) is 19.3 Å². The predicted molar refractivity (Wildman–Crippen MR) is 194 cm³/mol. The van der Waals surface area contributed by atoms with E-state index in [4.69, 9.17) is 9.97 Å². The molecule has 4 aromatic rings. The number of alkyl halides is 2. The van der Waals surface area contributed by atoms with E-state index < -0.39 is 30.7 Å². The van der Waals surface area contributed by atoms with Crippen molar-refractivity contribution in [1.29, 1.82) is 0 Å². The first-order valence-electron chi connectivity index (χ1n) is 17.9. The van der Waals surface area contributed by atoms with Gasteiger partial charge in [-0.05, 0) is 109 Å². The summed E-state index contributed by atoms with van der Waals surface area (Å²) >= 11 is 0. The zero-order valence-corrected chi connectivity index (χ0v) is 29.6. The first-order chi connectivity index (χ1) is 24.0. The lowest BCUT2D eigenvalue weighted by Crippen LogP contribution is -2.57. The van der Waals surface area contributed by atoms with E-state index in [9.17, 15) is 18.4 Å². The third-order valence-electron chi connectivity index (χ3n) is 10.9. The van der Waals surface area contributed by atoms with Crippen LogP contribution in [0.3, 0.4) is 0 Å². The molecule has 11 heteroatoms. The predicted octanol–water partition coefficient (Wildman–Crippen LogP) is 7.41. The number of carbonyl (C=O) groups excluding carboxylic acids is 2. The van der Waals surface area contributed by atoms with Gasteiger partial charge in [0.05, 0.1) is 29.0 Å². The minimum absolute atomic E-state index is 0.101. The van der Waals surface area contributed by atoms with Crippen LogP contribution < -0.4 is 15.5 Å². The highest BCUT2D eigenvalue weighted by molar-refractivity contribution is 6.09. The van der Waals surface area contributed by atoms with Crippen LogP contribution in [0.15, 0.2) is 48.8 Å². The summed E-state index contributed by atoms with van der Waals surface area (Å²) in [6.07, 6.45) is 7.62. The molecule has 4 heterocycles. The molecular weight excluding hydrogens is 636 g/mol. The first-order valence-corrected chi connectivity index (χ1v) is 17.9. The lowest BCUT2D eigenvalue weighted by atomic mass is 9.82. The minimum atomic E-state index is -1.19. The highest BCUT2D eigenvalue weighted by atomic mass is 19.1. The summed E-state index contributed by atoms with van der Waals surface area (Å²) < 4.78 is 28.4. The molecule has 0 radical (unpaired) electrons. The number of rotatable bonds is 10. The largest absolute Gasteiger partial charge is 0.344 e. The normalized spacial score (nSPS) is 20.4. The third-order valence-corrected chi connectivity index (χ3v) is 10.9. The Balaban J connectivity index is 1.24. The number of likely N-dealkylation sites (tertiary alicyclic amines) is 1. The maximum absolute atomic E-state index is 13.9. The molecule has 1 saturated heterocycles. The SMILES string of the molecule is Cc1ccc(Nc2nc(-c3ccc4c(c3)N([C@H]3C[C@@H](N5CCCCC5)C3)C(=O)C4(C)C)cc3ncn(C(C)C)c23)cc1C(=O)NC(CF)CF. The number of fused-ring (bicyclic) bond motifs is 2. The molecule has 2 N–H and O–H groups in total. The molecule has 50 heavy (non-hydrogen) atoms. The standard InChI is InChI=1S/C39H47F2N7O2/c1-23(2)47-22-42-33-19-32(45-36(35(33)47)43-26-11-9-24(3)30(16-26)37(49)44-27(20-40)21-41)25-10-12-31-34(15-25)48(38(50)39(31,4)5)29-17-28(18-29)46-13-7-6-8-14-46/h9-12,15-16,19,22-23,27-29H,6-8,13-14,17-18,20-21H2,1-5H3,(H,43,45)(H,44,49)/t28-,29+. The number of halogens is 2. The fourth-order valence-electron chi connectivity index (χ4n) is 7.81. The van der Waals surface area contributed by atoms with Crippen LogP contribution in [0.4, 0.5) is 26.0 Å². The average Bonchev–Trinajstić information content (AvgIpc) is 3.61. The number of amides is 2. The summed E-state index contributed by atoms with van der Waals surface area (Å²) in [7, 11) is 0. The van der Waals surface area contributed by atoms with Crippen molar-refractivity contribution in [2.45, 2.75) is 96.3 Å². The first kappa shape index (κ1) is 34.1.